The molecule has 0 saturated carbocycles. The zero-order valence-corrected chi connectivity index (χ0v) is 16.5. The van der Waals surface area contributed by atoms with E-state index in [1.807, 2.05) is 54.4 Å². The summed E-state index contributed by atoms with van der Waals surface area (Å²) in [5, 5.41) is 4.62. The first kappa shape index (κ1) is 18.8. The number of ether oxygens (including phenoxy) is 1. The number of carbonyl (C=O) groups is 1. The van der Waals surface area contributed by atoms with Crippen LogP contribution in [0.2, 0.25) is 5.02 Å². The maximum Gasteiger partial charge on any atom is 0.290 e. The number of furan rings is 1. The van der Waals surface area contributed by atoms with E-state index in [-0.39, 0.29) is 12.5 Å². The van der Waals surface area contributed by atoms with Crippen molar-refractivity contribution >= 4 is 28.5 Å². The third kappa shape index (κ3) is 3.73. The number of likely N-dealkylation sites (tertiary alicyclic amines) is 1. The Hall–Kier alpha value is -2.50. The lowest BCUT2D eigenvalue weighted by Gasteiger charge is -2.16. The van der Waals surface area contributed by atoms with Gasteiger partial charge in [0.2, 0.25) is 0 Å². The van der Waals surface area contributed by atoms with Crippen LogP contribution in [0.25, 0.3) is 11.0 Å². The minimum absolute atomic E-state index is 0.0763. The van der Waals surface area contributed by atoms with Crippen molar-refractivity contribution in [3.05, 3.63) is 64.9 Å². The van der Waals surface area contributed by atoms with Gasteiger partial charge in [0.05, 0.1) is 5.02 Å². The smallest absolute Gasteiger partial charge is 0.290 e. The molecule has 4 rings (SSSR count). The van der Waals surface area contributed by atoms with Gasteiger partial charge in [0.15, 0.2) is 5.76 Å². The van der Waals surface area contributed by atoms with Crippen LogP contribution in [0.4, 0.5) is 0 Å². The fourth-order valence-electron chi connectivity index (χ4n) is 3.74. The second kappa shape index (κ2) is 8.25. The van der Waals surface area contributed by atoms with Crippen LogP contribution in [0, 0.1) is 5.92 Å². The lowest BCUT2D eigenvalue weighted by Crippen LogP contribution is -2.30. The van der Waals surface area contributed by atoms with Crippen molar-refractivity contribution in [2.75, 3.05) is 26.7 Å². The molecule has 5 nitrogen and oxygen atoms in total. The van der Waals surface area contributed by atoms with Gasteiger partial charge >= 0.3 is 0 Å². The van der Waals surface area contributed by atoms with Crippen LogP contribution in [0.3, 0.4) is 0 Å². The van der Waals surface area contributed by atoms with E-state index in [4.69, 9.17) is 20.8 Å². The highest BCUT2D eigenvalue weighted by Crippen LogP contribution is 2.31. The zero-order chi connectivity index (χ0) is 19.5. The van der Waals surface area contributed by atoms with Gasteiger partial charge in [0.1, 0.15) is 17.9 Å². The highest BCUT2D eigenvalue weighted by molar-refractivity contribution is 6.32. The number of rotatable bonds is 6. The molecule has 0 spiro atoms. The average Bonchev–Trinajstić information content (AvgIpc) is 3.32. The maximum atomic E-state index is 13.2. The molecule has 3 aromatic rings. The lowest BCUT2D eigenvalue weighted by atomic mass is 10.1. The first-order valence-electron chi connectivity index (χ1n) is 9.49. The van der Waals surface area contributed by atoms with Gasteiger partial charge in [-0.05, 0) is 44.1 Å². The van der Waals surface area contributed by atoms with Crippen molar-refractivity contribution in [2.45, 2.75) is 13.0 Å². The van der Waals surface area contributed by atoms with E-state index >= 15 is 0 Å². The molecule has 1 aliphatic rings. The summed E-state index contributed by atoms with van der Waals surface area (Å²) in [5.74, 6) is 1.34. The number of amides is 1. The van der Waals surface area contributed by atoms with E-state index in [0.717, 1.165) is 37.0 Å². The number of para-hydroxylation sites is 2. The van der Waals surface area contributed by atoms with E-state index in [1.54, 1.807) is 6.07 Å². The van der Waals surface area contributed by atoms with E-state index in [0.29, 0.717) is 28.0 Å². The summed E-state index contributed by atoms with van der Waals surface area (Å²) < 4.78 is 11.9. The zero-order valence-electron chi connectivity index (χ0n) is 15.8. The van der Waals surface area contributed by atoms with Crippen LogP contribution in [-0.2, 0) is 6.61 Å². The summed E-state index contributed by atoms with van der Waals surface area (Å²) in [6.45, 7) is 2.61. The Morgan fingerprint density at radius 2 is 2.04 bits per heavy atom. The van der Waals surface area contributed by atoms with Gasteiger partial charge in [-0.1, -0.05) is 41.9 Å². The molecule has 6 heteroatoms. The molecule has 1 aliphatic heterocycles. The number of fused-ring (bicyclic) bond motifs is 1. The summed E-state index contributed by atoms with van der Waals surface area (Å²) >= 11 is 6.20. The quantitative estimate of drug-likeness (QED) is 0.670. The number of nitrogens with one attached hydrogen (secondary N) is 1. The Morgan fingerprint density at radius 3 is 2.86 bits per heavy atom. The molecule has 2 heterocycles. The number of hydrogen-bond donors (Lipinski definition) is 1. The predicted octanol–water partition coefficient (Wildman–Crippen LogP) is 4.35. The maximum absolute atomic E-state index is 13.2. The minimum Gasteiger partial charge on any atom is -0.487 e. The van der Waals surface area contributed by atoms with Crippen molar-refractivity contribution in [1.29, 1.82) is 0 Å². The molecule has 28 heavy (non-hydrogen) atoms. The number of benzene rings is 2. The normalized spacial score (nSPS) is 16.6. The van der Waals surface area contributed by atoms with E-state index in [2.05, 4.69) is 5.32 Å². The lowest BCUT2D eigenvalue weighted by molar-refractivity contribution is 0.0754. The molecular weight excluding hydrogens is 376 g/mol. The van der Waals surface area contributed by atoms with Gasteiger partial charge in [-0.2, -0.15) is 0 Å². The predicted molar refractivity (Wildman–Crippen MR) is 110 cm³/mol. The fourth-order valence-corrected chi connectivity index (χ4v) is 3.93. The van der Waals surface area contributed by atoms with Gasteiger partial charge in [-0.3, -0.25) is 4.79 Å². The number of nitrogens with zero attached hydrogens (tertiary/aromatic N) is 1. The largest absolute Gasteiger partial charge is 0.487 e. The van der Waals surface area contributed by atoms with E-state index in [1.165, 1.54) is 0 Å². The molecule has 2 aromatic carbocycles. The van der Waals surface area contributed by atoms with Crippen molar-refractivity contribution < 1.29 is 13.9 Å². The molecule has 1 saturated heterocycles. The fraction of sp³-hybridized carbons (Fsp3) is 0.318. The summed E-state index contributed by atoms with van der Waals surface area (Å²) in [6, 6.07) is 15.0. The van der Waals surface area contributed by atoms with Gasteiger partial charge in [0.25, 0.3) is 5.91 Å². The number of halogens is 1. The Balaban J connectivity index is 1.62. The highest BCUT2D eigenvalue weighted by atomic mass is 35.5. The van der Waals surface area contributed by atoms with Crippen LogP contribution in [-0.4, -0.2) is 37.5 Å². The molecule has 1 aromatic heterocycles. The van der Waals surface area contributed by atoms with Crippen LogP contribution >= 0.6 is 11.6 Å². The van der Waals surface area contributed by atoms with Crippen molar-refractivity contribution in [1.82, 2.24) is 10.2 Å². The van der Waals surface area contributed by atoms with E-state index < -0.39 is 0 Å². The van der Waals surface area contributed by atoms with Gasteiger partial charge in [-0.25, -0.2) is 0 Å². The minimum atomic E-state index is -0.0763. The molecule has 0 radical (unpaired) electrons. The standard InChI is InChI=1S/C22H23ClN2O3/c1-24-12-15-10-11-25(13-15)22(26)21-17(16-6-2-4-8-19(16)28-21)14-27-20-9-5-3-7-18(20)23/h2-9,15,24H,10-14H2,1H3/t15-/m0/s1. The SMILES string of the molecule is CNC[C@@H]1CCN(C(=O)c2oc3ccccc3c2COc2ccccc2Cl)C1. The second-order valence-electron chi connectivity index (χ2n) is 7.09. The summed E-state index contributed by atoms with van der Waals surface area (Å²) in [5.41, 5.74) is 1.45. The first-order chi connectivity index (χ1) is 13.7. The molecule has 0 aliphatic carbocycles. The van der Waals surface area contributed by atoms with Crippen LogP contribution in [0.15, 0.2) is 52.9 Å². The first-order valence-corrected chi connectivity index (χ1v) is 9.86. The molecule has 1 atom stereocenters. The molecule has 0 unspecified atom stereocenters. The molecular formula is C22H23ClN2O3. The third-order valence-corrected chi connectivity index (χ3v) is 5.48. The second-order valence-corrected chi connectivity index (χ2v) is 7.50. The van der Waals surface area contributed by atoms with Crippen molar-refractivity contribution in [3.63, 3.8) is 0 Å². The molecule has 1 amide bonds. The van der Waals surface area contributed by atoms with Crippen molar-refractivity contribution in [3.8, 4) is 5.75 Å². The topological polar surface area (TPSA) is 54.7 Å². The van der Waals surface area contributed by atoms with E-state index in [9.17, 15) is 4.79 Å². The van der Waals surface area contributed by atoms with Crippen LogP contribution in [0.1, 0.15) is 22.5 Å². The summed E-state index contributed by atoms with van der Waals surface area (Å²) in [7, 11) is 1.94. The Kier molecular flexibility index (Phi) is 5.55. The van der Waals surface area contributed by atoms with Gasteiger partial charge in [0, 0.05) is 24.0 Å². The molecule has 1 N–H and O–H groups in total. The molecule has 0 bridgehead atoms. The third-order valence-electron chi connectivity index (χ3n) is 5.17. The van der Waals surface area contributed by atoms with Crippen LogP contribution < -0.4 is 10.1 Å². The summed E-state index contributed by atoms with van der Waals surface area (Å²) in [4.78, 5) is 15.1. The highest BCUT2D eigenvalue weighted by Gasteiger charge is 2.31. The monoisotopic (exact) mass is 398 g/mol. The Labute approximate surface area is 169 Å². The van der Waals surface area contributed by atoms with Gasteiger partial charge < -0.3 is 19.4 Å². The summed E-state index contributed by atoms with van der Waals surface area (Å²) in [6.07, 6.45) is 0.998. The Bertz CT molecular complexity index is 985. The average molecular weight is 399 g/mol. The molecule has 1 fully saturated rings. The Morgan fingerprint density at radius 1 is 1.25 bits per heavy atom. The van der Waals surface area contributed by atoms with Crippen LogP contribution in [0.5, 0.6) is 5.75 Å². The number of hydrogen-bond acceptors (Lipinski definition) is 4. The van der Waals surface area contributed by atoms with Gasteiger partial charge in [-0.15, -0.1) is 0 Å². The number of carbonyl (C=O) groups excluding carboxylic acids is 1. The molecule has 146 valence electrons. The van der Waals surface area contributed by atoms with Crippen molar-refractivity contribution in [2.24, 2.45) is 5.92 Å².